The van der Waals surface area contributed by atoms with Gasteiger partial charge in [0.2, 0.25) is 0 Å². The van der Waals surface area contributed by atoms with Gasteiger partial charge in [0.15, 0.2) is 5.78 Å². The van der Waals surface area contributed by atoms with Gasteiger partial charge >= 0.3 is 0 Å². The van der Waals surface area contributed by atoms with Crippen LogP contribution < -0.4 is 4.74 Å². The van der Waals surface area contributed by atoms with Crippen LogP contribution in [-0.2, 0) is 6.54 Å². The summed E-state index contributed by atoms with van der Waals surface area (Å²) >= 11 is 0. The van der Waals surface area contributed by atoms with Crippen molar-refractivity contribution in [3.63, 3.8) is 0 Å². The minimum Gasteiger partial charge on any atom is -0.491 e. The van der Waals surface area contributed by atoms with Gasteiger partial charge in [0.25, 0.3) is 0 Å². The molecule has 1 aromatic carbocycles. The van der Waals surface area contributed by atoms with Gasteiger partial charge in [-0.25, -0.2) is 0 Å². The van der Waals surface area contributed by atoms with Gasteiger partial charge in [-0.2, -0.15) is 5.10 Å². The van der Waals surface area contributed by atoms with Crippen LogP contribution in [0.1, 0.15) is 23.0 Å². The molecule has 4 heteroatoms. The van der Waals surface area contributed by atoms with E-state index in [1.165, 1.54) is 0 Å². The van der Waals surface area contributed by atoms with Crippen LogP contribution in [0.5, 0.6) is 5.75 Å². The molecule has 1 heterocycles. The smallest absolute Gasteiger partial charge is 0.163 e. The topological polar surface area (TPSA) is 44.1 Å². The van der Waals surface area contributed by atoms with Crippen LogP contribution in [0.25, 0.3) is 0 Å². The molecule has 0 N–H and O–H groups in total. The second-order valence-corrected chi connectivity index (χ2v) is 4.12. The Bertz CT molecular complexity index is 546. The fraction of sp³-hybridized carbons (Fsp3) is 0.286. The molecule has 0 spiro atoms. The lowest BCUT2D eigenvalue weighted by atomic mass is 10.1. The molecule has 94 valence electrons. The van der Waals surface area contributed by atoms with Gasteiger partial charge in [0, 0.05) is 6.20 Å². The van der Waals surface area contributed by atoms with Crippen molar-refractivity contribution in [2.45, 2.75) is 20.4 Å². The van der Waals surface area contributed by atoms with E-state index in [9.17, 15) is 4.79 Å². The summed E-state index contributed by atoms with van der Waals surface area (Å²) in [7, 11) is 0. The second-order valence-electron chi connectivity index (χ2n) is 4.12. The van der Waals surface area contributed by atoms with Crippen LogP contribution in [0.3, 0.4) is 0 Å². The molecule has 0 unspecified atom stereocenters. The summed E-state index contributed by atoms with van der Waals surface area (Å²) in [5, 5.41) is 4.27. The van der Waals surface area contributed by atoms with E-state index in [-0.39, 0.29) is 5.78 Å². The number of aromatic nitrogens is 2. The van der Waals surface area contributed by atoms with E-state index < -0.39 is 0 Å². The van der Waals surface area contributed by atoms with E-state index in [0.717, 1.165) is 5.69 Å². The van der Waals surface area contributed by atoms with Crippen molar-refractivity contribution in [3.05, 3.63) is 47.8 Å². The molecule has 0 fully saturated rings. The molecule has 0 atom stereocenters. The quantitative estimate of drug-likeness (QED) is 0.759. The Morgan fingerprint density at radius 2 is 2.11 bits per heavy atom. The Balaban J connectivity index is 1.96. The number of ether oxygens (including phenoxy) is 1. The normalized spacial score (nSPS) is 10.3. The molecular formula is C14H16N2O2. The van der Waals surface area contributed by atoms with Crippen LogP contribution >= 0.6 is 0 Å². The molecular weight excluding hydrogens is 228 g/mol. The van der Waals surface area contributed by atoms with Crippen molar-refractivity contribution < 1.29 is 9.53 Å². The molecule has 0 aliphatic heterocycles. The summed E-state index contributed by atoms with van der Waals surface area (Å²) in [5.41, 5.74) is 1.60. The number of hydrogen-bond donors (Lipinski definition) is 0. The summed E-state index contributed by atoms with van der Waals surface area (Å²) in [6.45, 7) is 4.65. The van der Waals surface area contributed by atoms with E-state index >= 15 is 0 Å². The first kappa shape index (κ1) is 12.4. The maximum atomic E-state index is 11.4. The zero-order valence-corrected chi connectivity index (χ0v) is 10.6. The summed E-state index contributed by atoms with van der Waals surface area (Å²) < 4.78 is 7.46. The number of Topliss-reactive ketones (excluding diaryl/α,β-unsaturated/α-hetero) is 1. The Labute approximate surface area is 106 Å². The third-order valence-electron chi connectivity index (χ3n) is 2.62. The predicted molar refractivity (Wildman–Crippen MR) is 68.9 cm³/mol. The number of carbonyl (C=O) groups is 1. The number of ketones is 1. The van der Waals surface area contributed by atoms with Crippen LogP contribution in [-0.4, -0.2) is 22.2 Å². The van der Waals surface area contributed by atoms with Crippen molar-refractivity contribution in [1.29, 1.82) is 0 Å². The van der Waals surface area contributed by atoms with Crippen molar-refractivity contribution >= 4 is 5.78 Å². The van der Waals surface area contributed by atoms with Crippen LogP contribution in [0.4, 0.5) is 0 Å². The zero-order valence-electron chi connectivity index (χ0n) is 10.6. The Kier molecular flexibility index (Phi) is 3.77. The summed E-state index contributed by atoms with van der Waals surface area (Å²) in [6, 6.07) is 9.23. The van der Waals surface area contributed by atoms with Crippen molar-refractivity contribution in [2.24, 2.45) is 0 Å². The van der Waals surface area contributed by atoms with Gasteiger partial charge in [0.1, 0.15) is 12.4 Å². The monoisotopic (exact) mass is 244 g/mol. The Morgan fingerprint density at radius 3 is 2.78 bits per heavy atom. The zero-order chi connectivity index (χ0) is 13.0. The van der Waals surface area contributed by atoms with Crippen molar-refractivity contribution in [2.75, 3.05) is 6.61 Å². The van der Waals surface area contributed by atoms with Crippen molar-refractivity contribution in [3.8, 4) is 5.75 Å². The first-order valence-electron chi connectivity index (χ1n) is 5.89. The standard InChI is InChI=1S/C14H16N2O2/c1-11-7-8-16(15-11)9-10-18-14-6-4-3-5-13(14)12(2)17/h3-8H,9-10H2,1-2H3. The van der Waals surface area contributed by atoms with Gasteiger partial charge in [-0.1, -0.05) is 12.1 Å². The summed E-state index contributed by atoms with van der Waals surface area (Å²) in [5.74, 6) is 0.648. The molecule has 2 rings (SSSR count). The highest BCUT2D eigenvalue weighted by Gasteiger charge is 2.06. The average Bonchev–Trinajstić information content (AvgIpc) is 2.75. The molecule has 0 aliphatic rings. The van der Waals surface area contributed by atoms with E-state index in [1.807, 2.05) is 42.1 Å². The lowest BCUT2D eigenvalue weighted by Crippen LogP contribution is -2.10. The number of aryl methyl sites for hydroxylation is 1. The predicted octanol–water partition coefficient (Wildman–Crippen LogP) is 2.47. The third kappa shape index (κ3) is 2.97. The van der Waals surface area contributed by atoms with Gasteiger partial charge in [-0.05, 0) is 32.0 Å². The minimum absolute atomic E-state index is 0.0144. The molecule has 0 radical (unpaired) electrons. The first-order chi connectivity index (χ1) is 8.66. The van der Waals surface area contributed by atoms with Crippen LogP contribution in [0.2, 0.25) is 0 Å². The number of carbonyl (C=O) groups excluding carboxylic acids is 1. The Hall–Kier alpha value is -2.10. The molecule has 2 aromatic rings. The van der Waals surface area contributed by atoms with E-state index in [1.54, 1.807) is 13.0 Å². The number of hydrogen-bond acceptors (Lipinski definition) is 3. The second kappa shape index (κ2) is 5.49. The summed E-state index contributed by atoms with van der Waals surface area (Å²) in [6.07, 6.45) is 1.91. The molecule has 0 bridgehead atoms. The minimum atomic E-state index is 0.0144. The van der Waals surface area contributed by atoms with Gasteiger partial charge in [-0.3, -0.25) is 9.48 Å². The fourth-order valence-electron chi connectivity index (χ4n) is 1.72. The number of nitrogens with zero attached hydrogens (tertiary/aromatic N) is 2. The van der Waals surface area contributed by atoms with E-state index in [2.05, 4.69) is 5.10 Å². The first-order valence-corrected chi connectivity index (χ1v) is 5.89. The van der Waals surface area contributed by atoms with Crippen LogP contribution in [0.15, 0.2) is 36.5 Å². The van der Waals surface area contributed by atoms with Gasteiger partial charge in [0.05, 0.1) is 17.8 Å². The lowest BCUT2D eigenvalue weighted by molar-refractivity contribution is 0.101. The highest BCUT2D eigenvalue weighted by Crippen LogP contribution is 2.18. The van der Waals surface area contributed by atoms with E-state index in [4.69, 9.17) is 4.74 Å². The lowest BCUT2D eigenvalue weighted by Gasteiger charge is -2.09. The number of para-hydroxylation sites is 1. The van der Waals surface area contributed by atoms with Crippen molar-refractivity contribution in [1.82, 2.24) is 9.78 Å². The van der Waals surface area contributed by atoms with E-state index in [0.29, 0.717) is 24.5 Å². The maximum Gasteiger partial charge on any atom is 0.163 e. The number of rotatable bonds is 5. The molecule has 4 nitrogen and oxygen atoms in total. The van der Waals surface area contributed by atoms with Crippen LogP contribution in [0, 0.1) is 6.92 Å². The maximum absolute atomic E-state index is 11.4. The molecule has 0 saturated heterocycles. The SMILES string of the molecule is CC(=O)c1ccccc1OCCn1ccc(C)n1. The Morgan fingerprint density at radius 1 is 1.33 bits per heavy atom. The molecule has 0 aliphatic carbocycles. The van der Waals surface area contributed by atoms with Gasteiger partial charge < -0.3 is 4.74 Å². The molecule has 0 saturated carbocycles. The highest BCUT2D eigenvalue weighted by atomic mass is 16.5. The van der Waals surface area contributed by atoms with Gasteiger partial charge in [-0.15, -0.1) is 0 Å². The molecule has 1 aromatic heterocycles. The summed E-state index contributed by atoms with van der Waals surface area (Å²) in [4.78, 5) is 11.4. The fourth-order valence-corrected chi connectivity index (χ4v) is 1.72. The molecule has 0 amide bonds. The average molecular weight is 244 g/mol. The number of benzene rings is 1. The highest BCUT2D eigenvalue weighted by molar-refractivity contribution is 5.96. The molecule has 18 heavy (non-hydrogen) atoms. The largest absolute Gasteiger partial charge is 0.491 e. The third-order valence-corrected chi connectivity index (χ3v) is 2.62.